The summed E-state index contributed by atoms with van der Waals surface area (Å²) >= 11 is 0. The summed E-state index contributed by atoms with van der Waals surface area (Å²) in [5, 5.41) is 5.63. The summed E-state index contributed by atoms with van der Waals surface area (Å²) in [5.74, 6) is -2.51. The maximum absolute atomic E-state index is 13.2. The number of aromatic nitrogens is 2. The molecule has 2 aromatic heterocycles. The van der Waals surface area contributed by atoms with Crippen LogP contribution in [0.3, 0.4) is 0 Å². The molecule has 0 aliphatic carbocycles. The van der Waals surface area contributed by atoms with E-state index in [4.69, 9.17) is 0 Å². The summed E-state index contributed by atoms with van der Waals surface area (Å²) < 4.78 is 26.0. The van der Waals surface area contributed by atoms with E-state index in [2.05, 4.69) is 20.6 Å². The molecule has 126 valence electrons. The van der Waals surface area contributed by atoms with Crippen molar-refractivity contribution < 1.29 is 13.6 Å². The molecule has 0 aliphatic heterocycles. The average Bonchev–Trinajstić information content (AvgIpc) is 2.64. The van der Waals surface area contributed by atoms with Gasteiger partial charge in [-0.15, -0.1) is 0 Å². The zero-order valence-corrected chi connectivity index (χ0v) is 13.0. The molecular formula is C18H14F2N4O. The zero-order valence-electron chi connectivity index (χ0n) is 13.0. The van der Waals surface area contributed by atoms with Gasteiger partial charge < -0.3 is 10.6 Å². The largest absolute Gasteiger partial charge is 0.380 e. The van der Waals surface area contributed by atoms with E-state index in [9.17, 15) is 13.6 Å². The standard InChI is InChI=1S/C18H14F2N4O/c19-15-5-3-13(8-16(15)20)24-18(25)17-6-4-14(11-23-17)22-10-12-2-1-7-21-9-12/h1-9,11,22H,10H2,(H,24,25). The van der Waals surface area contributed by atoms with Crippen molar-refractivity contribution in [3.8, 4) is 0 Å². The summed E-state index contributed by atoms with van der Waals surface area (Å²) in [6.07, 6.45) is 4.98. The number of nitrogens with zero attached hydrogens (tertiary/aromatic N) is 2. The van der Waals surface area contributed by atoms with Crippen molar-refractivity contribution in [2.24, 2.45) is 0 Å². The number of anilines is 2. The molecule has 0 aliphatic rings. The lowest BCUT2D eigenvalue weighted by atomic mass is 10.2. The van der Waals surface area contributed by atoms with Crippen LogP contribution in [0, 0.1) is 11.6 Å². The first-order chi connectivity index (χ1) is 12.1. The molecule has 0 spiro atoms. The third-order valence-electron chi connectivity index (χ3n) is 3.39. The Morgan fingerprint density at radius 2 is 1.84 bits per heavy atom. The minimum atomic E-state index is -1.03. The summed E-state index contributed by atoms with van der Waals surface area (Å²) in [4.78, 5) is 20.2. The molecule has 0 saturated heterocycles. The van der Waals surface area contributed by atoms with E-state index >= 15 is 0 Å². The number of hydrogen-bond donors (Lipinski definition) is 2. The Bertz CT molecular complexity index is 870. The van der Waals surface area contributed by atoms with Crippen molar-refractivity contribution in [1.82, 2.24) is 9.97 Å². The van der Waals surface area contributed by atoms with Crippen molar-refractivity contribution in [2.75, 3.05) is 10.6 Å². The predicted octanol–water partition coefficient (Wildman–Crippen LogP) is 3.62. The van der Waals surface area contributed by atoms with Crippen LogP contribution in [0.1, 0.15) is 16.1 Å². The van der Waals surface area contributed by atoms with Crippen LogP contribution in [-0.4, -0.2) is 15.9 Å². The summed E-state index contributed by atoms with van der Waals surface area (Å²) in [7, 11) is 0. The molecule has 0 bridgehead atoms. The Labute approximate surface area is 142 Å². The fourth-order valence-electron chi connectivity index (χ4n) is 2.11. The van der Waals surface area contributed by atoms with Crippen LogP contribution in [-0.2, 0) is 6.54 Å². The molecule has 3 aromatic rings. The summed E-state index contributed by atoms with van der Waals surface area (Å²) in [5.41, 5.74) is 2.08. The normalized spacial score (nSPS) is 10.3. The number of carbonyl (C=O) groups excluding carboxylic acids is 1. The molecule has 7 heteroatoms. The van der Waals surface area contributed by atoms with Crippen molar-refractivity contribution >= 4 is 17.3 Å². The number of halogens is 2. The number of pyridine rings is 2. The fourth-order valence-corrected chi connectivity index (χ4v) is 2.11. The van der Waals surface area contributed by atoms with Gasteiger partial charge >= 0.3 is 0 Å². The van der Waals surface area contributed by atoms with Crippen molar-refractivity contribution in [1.29, 1.82) is 0 Å². The molecular weight excluding hydrogens is 326 g/mol. The molecule has 0 atom stereocenters. The van der Waals surface area contributed by atoms with Crippen molar-refractivity contribution in [3.05, 3.63) is 83.9 Å². The second kappa shape index (κ2) is 7.48. The monoisotopic (exact) mass is 340 g/mol. The first kappa shape index (κ1) is 16.5. The van der Waals surface area contributed by atoms with E-state index in [0.29, 0.717) is 6.54 Å². The third kappa shape index (κ3) is 4.35. The van der Waals surface area contributed by atoms with E-state index in [1.54, 1.807) is 24.5 Å². The topological polar surface area (TPSA) is 66.9 Å². The molecule has 0 unspecified atom stereocenters. The van der Waals surface area contributed by atoms with Crippen LogP contribution in [0.4, 0.5) is 20.2 Å². The number of nitrogens with one attached hydrogen (secondary N) is 2. The fraction of sp³-hybridized carbons (Fsp3) is 0.0556. The summed E-state index contributed by atoms with van der Waals surface area (Å²) in [6, 6.07) is 10.2. The van der Waals surface area contributed by atoms with E-state index in [1.807, 2.05) is 12.1 Å². The lowest BCUT2D eigenvalue weighted by molar-refractivity contribution is 0.102. The van der Waals surface area contributed by atoms with Gasteiger partial charge in [0.15, 0.2) is 11.6 Å². The second-order valence-corrected chi connectivity index (χ2v) is 5.23. The van der Waals surface area contributed by atoms with Crippen LogP contribution in [0.25, 0.3) is 0 Å². The molecule has 5 nitrogen and oxygen atoms in total. The maximum Gasteiger partial charge on any atom is 0.274 e. The van der Waals surface area contributed by atoms with Gasteiger partial charge in [0.2, 0.25) is 0 Å². The van der Waals surface area contributed by atoms with Crippen LogP contribution < -0.4 is 10.6 Å². The van der Waals surface area contributed by atoms with Crippen LogP contribution in [0.15, 0.2) is 61.1 Å². The molecule has 0 fully saturated rings. The highest BCUT2D eigenvalue weighted by molar-refractivity contribution is 6.02. The van der Waals surface area contributed by atoms with Gasteiger partial charge in [-0.3, -0.25) is 9.78 Å². The highest BCUT2D eigenvalue weighted by atomic mass is 19.2. The smallest absolute Gasteiger partial charge is 0.274 e. The van der Waals surface area contributed by atoms with E-state index in [1.165, 1.54) is 12.3 Å². The van der Waals surface area contributed by atoms with E-state index in [-0.39, 0.29) is 11.4 Å². The average molecular weight is 340 g/mol. The van der Waals surface area contributed by atoms with E-state index < -0.39 is 17.5 Å². The molecule has 0 radical (unpaired) electrons. The van der Waals surface area contributed by atoms with Crippen LogP contribution in [0.2, 0.25) is 0 Å². The van der Waals surface area contributed by atoms with Crippen LogP contribution in [0.5, 0.6) is 0 Å². The Morgan fingerprint density at radius 1 is 1.00 bits per heavy atom. The maximum atomic E-state index is 13.2. The molecule has 1 aromatic carbocycles. The molecule has 0 saturated carbocycles. The number of hydrogen-bond acceptors (Lipinski definition) is 4. The number of carbonyl (C=O) groups is 1. The lowest BCUT2D eigenvalue weighted by Crippen LogP contribution is -2.14. The van der Waals surface area contributed by atoms with Gasteiger partial charge in [0.25, 0.3) is 5.91 Å². The van der Waals surface area contributed by atoms with Crippen LogP contribution >= 0.6 is 0 Å². The second-order valence-electron chi connectivity index (χ2n) is 5.23. The Balaban J connectivity index is 1.61. The van der Waals surface area contributed by atoms with Gasteiger partial charge in [-0.25, -0.2) is 13.8 Å². The number of amides is 1. The third-order valence-corrected chi connectivity index (χ3v) is 3.39. The lowest BCUT2D eigenvalue weighted by Gasteiger charge is -2.08. The molecule has 3 rings (SSSR count). The van der Waals surface area contributed by atoms with Gasteiger partial charge in [-0.1, -0.05) is 6.07 Å². The molecule has 1 amide bonds. The zero-order chi connectivity index (χ0) is 17.6. The predicted molar refractivity (Wildman–Crippen MR) is 90.1 cm³/mol. The number of rotatable bonds is 5. The first-order valence-electron chi connectivity index (χ1n) is 7.47. The highest BCUT2D eigenvalue weighted by Crippen LogP contribution is 2.15. The minimum absolute atomic E-state index is 0.157. The quantitative estimate of drug-likeness (QED) is 0.744. The first-order valence-corrected chi connectivity index (χ1v) is 7.47. The van der Waals surface area contributed by atoms with Gasteiger partial charge in [-0.2, -0.15) is 0 Å². The van der Waals surface area contributed by atoms with Crippen molar-refractivity contribution in [2.45, 2.75) is 6.54 Å². The molecule has 25 heavy (non-hydrogen) atoms. The Kier molecular flexibility index (Phi) is 4.94. The Hall–Kier alpha value is -3.35. The highest BCUT2D eigenvalue weighted by Gasteiger charge is 2.09. The van der Waals surface area contributed by atoms with Crippen molar-refractivity contribution in [3.63, 3.8) is 0 Å². The van der Waals surface area contributed by atoms with Gasteiger partial charge in [-0.05, 0) is 35.9 Å². The van der Waals surface area contributed by atoms with Gasteiger partial charge in [0.1, 0.15) is 5.69 Å². The SMILES string of the molecule is O=C(Nc1ccc(F)c(F)c1)c1ccc(NCc2cccnc2)cn1. The number of benzene rings is 1. The Morgan fingerprint density at radius 3 is 2.52 bits per heavy atom. The summed E-state index contributed by atoms with van der Waals surface area (Å²) in [6.45, 7) is 0.579. The van der Waals surface area contributed by atoms with E-state index in [0.717, 1.165) is 23.4 Å². The minimum Gasteiger partial charge on any atom is -0.380 e. The van der Waals surface area contributed by atoms with Gasteiger partial charge in [0.05, 0.1) is 11.9 Å². The molecule has 2 N–H and O–H groups in total. The van der Waals surface area contributed by atoms with Gasteiger partial charge in [0, 0.05) is 30.7 Å². The molecule has 2 heterocycles.